The van der Waals surface area contributed by atoms with E-state index in [0.29, 0.717) is 0 Å². The Morgan fingerprint density at radius 3 is 2.20 bits per heavy atom. The molecule has 1 aromatic rings. The van der Waals surface area contributed by atoms with Crippen molar-refractivity contribution in [1.29, 1.82) is 0 Å². The number of aryl methyl sites for hydroxylation is 2. The van der Waals surface area contributed by atoms with Gasteiger partial charge in [-0.05, 0) is 33.4 Å². The Balaban J connectivity index is 2.72. The van der Waals surface area contributed by atoms with Crippen LogP contribution in [-0.2, 0) is 6.54 Å². The Labute approximate surface area is 92.5 Å². The highest BCUT2D eigenvalue weighted by molar-refractivity contribution is 5.28. The van der Waals surface area contributed by atoms with Gasteiger partial charge in [-0.25, -0.2) is 0 Å². The lowest BCUT2D eigenvalue weighted by atomic mass is 10.1. The summed E-state index contributed by atoms with van der Waals surface area (Å²) in [6.45, 7) is 7.37. The van der Waals surface area contributed by atoms with Crippen molar-refractivity contribution in [3.05, 3.63) is 34.9 Å². The first-order valence-electron chi connectivity index (χ1n) is 5.41. The molecule has 0 radical (unpaired) electrons. The van der Waals surface area contributed by atoms with Crippen molar-refractivity contribution in [2.75, 3.05) is 13.7 Å². The third kappa shape index (κ3) is 3.65. The Bertz CT molecular complexity index is 302. The Morgan fingerprint density at radius 2 is 1.73 bits per heavy atom. The highest BCUT2D eigenvalue weighted by atomic mass is 16.3. The lowest BCUT2D eigenvalue weighted by molar-refractivity contribution is 0.154. The molecule has 0 bridgehead atoms. The molecule has 0 saturated heterocycles. The normalized spacial score (nSPS) is 13.2. The fourth-order valence-electron chi connectivity index (χ4n) is 1.74. The molecular formula is C13H21NO. The second-order valence-corrected chi connectivity index (χ2v) is 4.44. The second-order valence-electron chi connectivity index (χ2n) is 4.44. The average Bonchev–Trinajstić information content (AvgIpc) is 2.14. The molecule has 0 aliphatic rings. The number of benzene rings is 1. The van der Waals surface area contributed by atoms with E-state index in [-0.39, 0.29) is 12.6 Å². The monoisotopic (exact) mass is 207 g/mol. The van der Waals surface area contributed by atoms with Gasteiger partial charge in [0.05, 0.1) is 6.61 Å². The van der Waals surface area contributed by atoms with Gasteiger partial charge in [-0.1, -0.05) is 29.3 Å². The van der Waals surface area contributed by atoms with Crippen LogP contribution in [0.1, 0.15) is 23.6 Å². The van der Waals surface area contributed by atoms with Crippen LogP contribution in [0.25, 0.3) is 0 Å². The summed E-state index contributed by atoms with van der Waals surface area (Å²) < 4.78 is 0. The second kappa shape index (κ2) is 5.29. The molecule has 0 aromatic heterocycles. The molecule has 84 valence electrons. The van der Waals surface area contributed by atoms with E-state index in [1.165, 1.54) is 16.7 Å². The van der Waals surface area contributed by atoms with E-state index in [1.807, 2.05) is 14.0 Å². The number of nitrogens with zero attached hydrogens (tertiary/aromatic N) is 1. The van der Waals surface area contributed by atoms with Crippen molar-refractivity contribution < 1.29 is 5.11 Å². The molecule has 1 N–H and O–H groups in total. The topological polar surface area (TPSA) is 23.5 Å². The van der Waals surface area contributed by atoms with E-state index in [9.17, 15) is 0 Å². The maximum Gasteiger partial charge on any atom is 0.0584 e. The first kappa shape index (κ1) is 12.2. The summed E-state index contributed by atoms with van der Waals surface area (Å²) in [6, 6.07) is 6.80. The lowest BCUT2D eigenvalue weighted by Crippen LogP contribution is -2.31. The number of hydrogen-bond donors (Lipinski definition) is 1. The summed E-state index contributed by atoms with van der Waals surface area (Å²) in [5.41, 5.74) is 3.92. The number of hydrogen-bond acceptors (Lipinski definition) is 2. The molecule has 2 nitrogen and oxygen atoms in total. The molecular weight excluding hydrogens is 186 g/mol. The van der Waals surface area contributed by atoms with Gasteiger partial charge in [0.1, 0.15) is 0 Å². The Hall–Kier alpha value is -0.860. The summed E-state index contributed by atoms with van der Waals surface area (Å²) in [5.74, 6) is 0. The maximum atomic E-state index is 9.05. The summed E-state index contributed by atoms with van der Waals surface area (Å²) in [4.78, 5) is 2.16. The first-order valence-corrected chi connectivity index (χ1v) is 5.41. The predicted molar refractivity (Wildman–Crippen MR) is 63.9 cm³/mol. The molecule has 0 heterocycles. The van der Waals surface area contributed by atoms with Gasteiger partial charge in [-0.3, -0.25) is 4.90 Å². The molecule has 2 heteroatoms. The maximum absolute atomic E-state index is 9.05. The van der Waals surface area contributed by atoms with Crippen LogP contribution in [0.3, 0.4) is 0 Å². The smallest absolute Gasteiger partial charge is 0.0584 e. The Morgan fingerprint density at radius 1 is 1.20 bits per heavy atom. The van der Waals surface area contributed by atoms with Gasteiger partial charge in [-0.2, -0.15) is 0 Å². The number of likely N-dealkylation sites (N-methyl/N-ethyl adjacent to an activating group) is 1. The van der Waals surface area contributed by atoms with Crippen molar-refractivity contribution >= 4 is 0 Å². The van der Waals surface area contributed by atoms with E-state index >= 15 is 0 Å². The van der Waals surface area contributed by atoms with Gasteiger partial charge < -0.3 is 5.11 Å². The fourth-order valence-corrected chi connectivity index (χ4v) is 1.74. The minimum atomic E-state index is 0.210. The van der Waals surface area contributed by atoms with Crippen molar-refractivity contribution in [3.63, 3.8) is 0 Å². The first-order chi connectivity index (χ1) is 7.02. The zero-order chi connectivity index (χ0) is 11.4. The molecule has 15 heavy (non-hydrogen) atoms. The molecule has 0 saturated carbocycles. The highest BCUT2D eigenvalue weighted by Gasteiger charge is 2.08. The molecule has 1 rings (SSSR count). The highest BCUT2D eigenvalue weighted by Crippen LogP contribution is 2.11. The summed E-state index contributed by atoms with van der Waals surface area (Å²) in [7, 11) is 2.04. The van der Waals surface area contributed by atoms with E-state index < -0.39 is 0 Å². The molecule has 1 unspecified atom stereocenters. The van der Waals surface area contributed by atoms with E-state index in [1.54, 1.807) is 0 Å². The van der Waals surface area contributed by atoms with Gasteiger partial charge in [0, 0.05) is 12.6 Å². The lowest BCUT2D eigenvalue weighted by Gasteiger charge is -2.23. The standard InChI is InChI=1S/C13H21NO/c1-10-5-11(2)7-13(6-10)8-14(4)12(3)9-15/h5-7,12,15H,8-9H2,1-4H3. The largest absolute Gasteiger partial charge is 0.395 e. The summed E-state index contributed by atoms with van der Waals surface area (Å²) >= 11 is 0. The van der Waals surface area contributed by atoms with Crippen LogP contribution in [0.15, 0.2) is 18.2 Å². The van der Waals surface area contributed by atoms with Gasteiger partial charge in [0.25, 0.3) is 0 Å². The van der Waals surface area contributed by atoms with Crippen LogP contribution in [-0.4, -0.2) is 29.7 Å². The van der Waals surface area contributed by atoms with Crippen LogP contribution in [0.5, 0.6) is 0 Å². The molecule has 0 aliphatic heterocycles. The van der Waals surface area contributed by atoms with Crippen LogP contribution in [0.2, 0.25) is 0 Å². The van der Waals surface area contributed by atoms with Gasteiger partial charge in [-0.15, -0.1) is 0 Å². The minimum absolute atomic E-state index is 0.210. The van der Waals surface area contributed by atoms with Crippen LogP contribution >= 0.6 is 0 Å². The van der Waals surface area contributed by atoms with Crippen LogP contribution in [0.4, 0.5) is 0 Å². The van der Waals surface area contributed by atoms with Crippen molar-refractivity contribution in [3.8, 4) is 0 Å². The van der Waals surface area contributed by atoms with Crippen molar-refractivity contribution in [2.24, 2.45) is 0 Å². The van der Waals surface area contributed by atoms with Crippen molar-refractivity contribution in [1.82, 2.24) is 4.90 Å². The summed E-state index contributed by atoms with van der Waals surface area (Å²) in [5, 5.41) is 9.05. The predicted octanol–water partition coefficient (Wildman–Crippen LogP) is 2.12. The molecule has 1 aromatic carbocycles. The third-order valence-electron chi connectivity index (χ3n) is 2.73. The van der Waals surface area contributed by atoms with E-state index in [2.05, 4.69) is 36.9 Å². The number of rotatable bonds is 4. The fraction of sp³-hybridized carbons (Fsp3) is 0.538. The zero-order valence-electron chi connectivity index (χ0n) is 10.1. The van der Waals surface area contributed by atoms with Crippen LogP contribution in [0, 0.1) is 13.8 Å². The third-order valence-corrected chi connectivity index (χ3v) is 2.73. The molecule has 0 fully saturated rings. The minimum Gasteiger partial charge on any atom is -0.395 e. The number of aliphatic hydroxyl groups excluding tert-OH is 1. The van der Waals surface area contributed by atoms with E-state index in [4.69, 9.17) is 5.11 Å². The molecule has 1 atom stereocenters. The zero-order valence-corrected chi connectivity index (χ0v) is 10.1. The Kier molecular flexibility index (Phi) is 4.30. The SMILES string of the molecule is Cc1cc(C)cc(CN(C)C(C)CO)c1. The van der Waals surface area contributed by atoms with Crippen molar-refractivity contribution in [2.45, 2.75) is 33.4 Å². The summed E-state index contributed by atoms with van der Waals surface area (Å²) in [6.07, 6.45) is 0. The molecule has 0 aliphatic carbocycles. The molecule has 0 spiro atoms. The average molecular weight is 207 g/mol. The number of aliphatic hydroxyl groups is 1. The molecule has 0 amide bonds. The van der Waals surface area contributed by atoms with Gasteiger partial charge >= 0.3 is 0 Å². The van der Waals surface area contributed by atoms with Gasteiger partial charge in [0.15, 0.2) is 0 Å². The van der Waals surface area contributed by atoms with Gasteiger partial charge in [0.2, 0.25) is 0 Å². The quantitative estimate of drug-likeness (QED) is 0.817. The van der Waals surface area contributed by atoms with E-state index in [0.717, 1.165) is 6.54 Å². The van der Waals surface area contributed by atoms with Crippen LogP contribution < -0.4 is 0 Å².